The van der Waals surface area contributed by atoms with Gasteiger partial charge in [-0.2, -0.15) is 0 Å². The second-order valence-electron chi connectivity index (χ2n) is 9.11. The van der Waals surface area contributed by atoms with Crippen molar-refractivity contribution in [1.29, 1.82) is 0 Å². The Balaban J connectivity index is 1.51. The highest BCUT2D eigenvalue weighted by molar-refractivity contribution is 5.88. The Bertz CT molecular complexity index is 1050. The lowest BCUT2D eigenvalue weighted by Gasteiger charge is -2.08. The number of halogens is 1. The number of benzene rings is 2. The van der Waals surface area contributed by atoms with Crippen LogP contribution >= 0.6 is 0 Å². The van der Waals surface area contributed by atoms with Crippen molar-refractivity contribution in [3.63, 3.8) is 0 Å². The van der Waals surface area contributed by atoms with Crippen molar-refractivity contribution >= 4 is 5.97 Å². The standard InChI is InChI=1S/C30H37FN2O2/c1-3-5-7-8-9-10-11-13-24-16-19-29(26(31)20-24)35-30(34)28-22-32-27(21-33-28)25-17-14-23(15-18-25)12-6-4-2/h14-22H,3-13H2,1-2H3. The van der Waals surface area contributed by atoms with Crippen LogP contribution in [0, 0.1) is 5.82 Å². The summed E-state index contributed by atoms with van der Waals surface area (Å²) in [7, 11) is 0. The molecule has 186 valence electrons. The van der Waals surface area contributed by atoms with Crippen LogP contribution in [0.1, 0.15) is 93.3 Å². The van der Waals surface area contributed by atoms with Gasteiger partial charge in [0.2, 0.25) is 0 Å². The molecule has 0 unspecified atom stereocenters. The molecular formula is C30H37FN2O2. The number of aromatic nitrogens is 2. The second kappa shape index (κ2) is 14.3. The van der Waals surface area contributed by atoms with Crippen molar-refractivity contribution < 1.29 is 13.9 Å². The SMILES string of the molecule is CCCCCCCCCc1ccc(OC(=O)c2cnc(-c3ccc(CCCC)cc3)cn2)c(F)c1. The Morgan fingerprint density at radius 1 is 0.771 bits per heavy atom. The van der Waals surface area contributed by atoms with Gasteiger partial charge in [-0.05, 0) is 48.9 Å². The van der Waals surface area contributed by atoms with Crippen LogP contribution in [0.3, 0.4) is 0 Å². The molecule has 3 rings (SSSR count). The molecule has 2 aromatic carbocycles. The minimum absolute atomic E-state index is 0.0415. The molecule has 0 N–H and O–H groups in total. The fourth-order valence-corrected chi connectivity index (χ4v) is 4.03. The van der Waals surface area contributed by atoms with Gasteiger partial charge in [0, 0.05) is 5.56 Å². The lowest BCUT2D eigenvalue weighted by atomic mass is 10.0. The molecule has 0 aliphatic carbocycles. The minimum Gasteiger partial charge on any atom is -0.419 e. The molecule has 35 heavy (non-hydrogen) atoms. The third-order valence-electron chi connectivity index (χ3n) is 6.20. The molecule has 1 heterocycles. The molecule has 4 nitrogen and oxygen atoms in total. The summed E-state index contributed by atoms with van der Waals surface area (Å²) in [4.78, 5) is 21.0. The minimum atomic E-state index is -0.724. The molecule has 0 spiro atoms. The molecule has 0 saturated carbocycles. The summed E-state index contributed by atoms with van der Waals surface area (Å²) < 4.78 is 19.8. The van der Waals surface area contributed by atoms with Crippen LogP contribution in [-0.4, -0.2) is 15.9 Å². The Labute approximate surface area is 209 Å². The monoisotopic (exact) mass is 476 g/mol. The highest BCUT2D eigenvalue weighted by atomic mass is 19.1. The Kier molecular flexibility index (Phi) is 10.9. The summed E-state index contributed by atoms with van der Waals surface area (Å²) in [5.74, 6) is -1.35. The highest BCUT2D eigenvalue weighted by Crippen LogP contribution is 2.22. The van der Waals surface area contributed by atoms with E-state index in [1.807, 2.05) is 18.2 Å². The maximum Gasteiger partial charge on any atom is 0.364 e. The van der Waals surface area contributed by atoms with Crippen LogP contribution < -0.4 is 4.74 Å². The maximum atomic E-state index is 14.5. The van der Waals surface area contributed by atoms with Crippen LogP contribution in [0.2, 0.25) is 0 Å². The van der Waals surface area contributed by atoms with Crippen molar-refractivity contribution in [3.8, 4) is 17.0 Å². The fraction of sp³-hybridized carbons (Fsp3) is 0.433. The van der Waals surface area contributed by atoms with E-state index in [1.54, 1.807) is 6.20 Å². The number of unbranched alkanes of at least 4 members (excludes halogenated alkanes) is 7. The number of carbonyl (C=O) groups excluding carboxylic acids is 1. The van der Waals surface area contributed by atoms with Gasteiger partial charge in [-0.25, -0.2) is 14.2 Å². The van der Waals surface area contributed by atoms with Crippen LogP contribution in [0.4, 0.5) is 4.39 Å². The third-order valence-corrected chi connectivity index (χ3v) is 6.20. The van der Waals surface area contributed by atoms with E-state index in [2.05, 4.69) is 35.9 Å². The summed E-state index contributed by atoms with van der Waals surface area (Å²) in [5, 5.41) is 0. The van der Waals surface area contributed by atoms with Crippen molar-refractivity contribution in [2.24, 2.45) is 0 Å². The topological polar surface area (TPSA) is 52.1 Å². The number of aryl methyl sites for hydroxylation is 2. The molecule has 0 amide bonds. The first-order chi connectivity index (χ1) is 17.1. The predicted molar refractivity (Wildman–Crippen MR) is 139 cm³/mol. The van der Waals surface area contributed by atoms with E-state index >= 15 is 0 Å². The number of carbonyl (C=O) groups is 1. The molecule has 0 saturated heterocycles. The van der Waals surface area contributed by atoms with Gasteiger partial charge < -0.3 is 4.74 Å². The lowest BCUT2D eigenvalue weighted by Crippen LogP contribution is -2.12. The van der Waals surface area contributed by atoms with Crippen LogP contribution in [0.5, 0.6) is 5.75 Å². The Morgan fingerprint density at radius 2 is 1.43 bits per heavy atom. The smallest absolute Gasteiger partial charge is 0.364 e. The predicted octanol–water partition coefficient (Wildman–Crippen LogP) is 8.14. The van der Waals surface area contributed by atoms with Crippen molar-refractivity contribution in [2.45, 2.75) is 84.5 Å². The van der Waals surface area contributed by atoms with Gasteiger partial charge in [-0.1, -0.05) is 89.1 Å². The molecule has 0 aliphatic heterocycles. The summed E-state index contributed by atoms with van der Waals surface area (Å²) >= 11 is 0. The average Bonchev–Trinajstić information content (AvgIpc) is 2.89. The number of hydrogen-bond donors (Lipinski definition) is 0. The zero-order chi connectivity index (χ0) is 24.9. The number of hydrogen-bond acceptors (Lipinski definition) is 4. The van der Waals surface area contributed by atoms with E-state index in [1.165, 1.54) is 62.4 Å². The third kappa shape index (κ3) is 8.57. The van der Waals surface area contributed by atoms with Crippen LogP contribution in [-0.2, 0) is 12.8 Å². The van der Waals surface area contributed by atoms with Crippen LogP contribution in [0.15, 0.2) is 54.9 Å². The quantitative estimate of drug-likeness (QED) is 0.134. The number of nitrogens with zero attached hydrogens (tertiary/aromatic N) is 2. The van der Waals surface area contributed by atoms with Gasteiger partial charge in [-0.15, -0.1) is 0 Å². The van der Waals surface area contributed by atoms with Crippen molar-refractivity contribution in [3.05, 3.63) is 77.5 Å². The van der Waals surface area contributed by atoms with Gasteiger partial charge in [-0.3, -0.25) is 4.98 Å². The zero-order valence-electron chi connectivity index (χ0n) is 21.1. The molecule has 5 heteroatoms. The van der Waals surface area contributed by atoms with E-state index in [0.29, 0.717) is 5.69 Å². The van der Waals surface area contributed by atoms with Gasteiger partial charge in [0.15, 0.2) is 17.3 Å². The summed E-state index contributed by atoms with van der Waals surface area (Å²) in [5.41, 5.74) is 3.85. The fourth-order valence-electron chi connectivity index (χ4n) is 4.03. The zero-order valence-corrected chi connectivity index (χ0v) is 21.1. The lowest BCUT2D eigenvalue weighted by molar-refractivity contribution is 0.0721. The first kappa shape index (κ1) is 26.5. The van der Waals surface area contributed by atoms with E-state index in [9.17, 15) is 9.18 Å². The van der Waals surface area contributed by atoms with E-state index in [0.717, 1.165) is 43.2 Å². The molecule has 0 atom stereocenters. The van der Waals surface area contributed by atoms with Gasteiger partial charge in [0.25, 0.3) is 0 Å². The molecular weight excluding hydrogens is 439 g/mol. The second-order valence-corrected chi connectivity index (χ2v) is 9.11. The summed E-state index contributed by atoms with van der Waals surface area (Å²) in [6.45, 7) is 4.39. The first-order valence-electron chi connectivity index (χ1n) is 13.0. The summed E-state index contributed by atoms with van der Waals surface area (Å²) in [6.07, 6.45) is 15.7. The molecule has 0 fully saturated rings. The van der Waals surface area contributed by atoms with Gasteiger partial charge in [0.1, 0.15) is 0 Å². The van der Waals surface area contributed by atoms with Gasteiger partial charge >= 0.3 is 5.97 Å². The van der Waals surface area contributed by atoms with E-state index in [-0.39, 0.29) is 11.4 Å². The summed E-state index contributed by atoms with van der Waals surface area (Å²) in [6, 6.07) is 13.0. The number of esters is 1. The average molecular weight is 477 g/mol. The molecule has 3 aromatic rings. The van der Waals surface area contributed by atoms with Gasteiger partial charge in [0.05, 0.1) is 18.1 Å². The molecule has 0 aliphatic rings. The van der Waals surface area contributed by atoms with E-state index in [4.69, 9.17) is 4.74 Å². The normalized spacial score (nSPS) is 10.9. The largest absolute Gasteiger partial charge is 0.419 e. The Morgan fingerprint density at radius 3 is 2.09 bits per heavy atom. The molecule has 0 bridgehead atoms. The Hall–Kier alpha value is -3.08. The molecule has 1 aromatic heterocycles. The van der Waals surface area contributed by atoms with Crippen molar-refractivity contribution in [2.75, 3.05) is 0 Å². The first-order valence-corrected chi connectivity index (χ1v) is 13.0. The highest BCUT2D eigenvalue weighted by Gasteiger charge is 2.15. The molecule has 0 radical (unpaired) electrons. The van der Waals surface area contributed by atoms with Crippen molar-refractivity contribution in [1.82, 2.24) is 9.97 Å². The number of rotatable bonds is 14. The number of ether oxygens (including phenoxy) is 1. The maximum absolute atomic E-state index is 14.5. The van der Waals surface area contributed by atoms with Crippen LogP contribution in [0.25, 0.3) is 11.3 Å². The van der Waals surface area contributed by atoms with E-state index < -0.39 is 11.8 Å².